The van der Waals surface area contributed by atoms with Gasteiger partial charge in [0.05, 0.1) is 5.71 Å². The molecule has 1 heterocycles. The van der Waals surface area contributed by atoms with Crippen LogP contribution < -0.4 is 4.84 Å². The zero-order valence-electron chi connectivity index (χ0n) is 10.7. The van der Waals surface area contributed by atoms with Gasteiger partial charge in [-0.15, -0.1) is 0 Å². The van der Waals surface area contributed by atoms with Crippen LogP contribution in [-0.2, 0) is 0 Å². The highest BCUT2D eigenvalue weighted by Gasteiger charge is 2.01. The molecule has 0 saturated heterocycles. The van der Waals surface area contributed by atoms with E-state index in [0.717, 1.165) is 22.7 Å². The molecule has 0 radical (unpaired) electrons. The molecular weight excluding hydrogens is 226 g/mol. The third-order valence-electron chi connectivity index (χ3n) is 2.42. The van der Waals surface area contributed by atoms with Crippen LogP contribution in [0.3, 0.4) is 0 Å². The Bertz CT molecular complexity index is 544. The molecule has 2 aromatic rings. The molecule has 2 rings (SSSR count). The summed E-state index contributed by atoms with van der Waals surface area (Å²) in [7, 11) is 0. The molecule has 1 aromatic heterocycles. The van der Waals surface area contributed by atoms with E-state index in [1.165, 1.54) is 0 Å². The van der Waals surface area contributed by atoms with Crippen molar-refractivity contribution in [1.29, 1.82) is 0 Å². The van der Waals surface area contributed by atoms with Crippen molar-refractivity contribution in [1.82, 2.24) is 9.97 Å². The van der Waals surface area contributed by atoms with E-state index in [4.69, 9.17) is 4.84 Å². The first-order valence-corrected chi connectivity index (χ1v) is 5.74. The van der Waals surface area contributed by atoms with E-state index < -0.39 is 0 Å². The Morgan fingerprint density at radius 3 is 2.28 bits per heavy atom. The topological polar surface area (TPSA) is 47.4 Å². The molecule has 0 amide bonds. The van der Waals surface area contributed by atoms with Gasteiger partial charge in [0.15, 0.2) is 0 Å². The molecule has 4 nitrogen and oxygen atoms in total. The first kappa shape index (κ1) is 12.2. The number of aromatic nitrogens is 2. The highest BCUT2D eigenvalue weighted by atomic mass is 16.6. The molecule has 0 saturated carbocycles. The molecule has 0 spiro atoms. The van der Waals surface area contributed by atoms with Crippen molar-refractivity contribution >= 4 is 5.71 Å². The van der Waals surface area contributed by atoms with Crippen molar-refractivity contribution in [2.24, 2.45) is 5.16 Å². The Balaban J connectivity index is 2.15. The molecule has 92 valence electrons. The minimum atomic E-state index is 0.280. The van der Waals surface area contributed by atoms with Gasteiger partial charge >= 0.3 is 6.01 Å². The Morgan fingerprint density at radius 2 is 1.67 bits per heavy atom. The van der Waals surface area contributed by atoms with Crippen LogP contribution in [0.15, 0.2) is 41.6 Å². The minimum absolute atomic E-state index is 0.280. The van der Waals surface area contributed by atoms with Crippen LogP contribution in [0, 0.1) is 13.8 Å². The molecule has 0 aliphatic heterocycles. The van der Waals surface area contributed by atoms with Gasteiger partial charge < -0.3 is 4.84 Å². The van der Waals surface area contributed by atoms with E-state index in [9.17, 15) is 0 Å². The summed E-state index contributed by atoms with van der Waals surface area (Å²) in [5, 5.41) is 4.04. The Kier molecular flexibility index (Phi) is 3.67. The Hall–Kier alpha value is -2.23. The van der Waals surface area contributed by atoms with E-state index in [2.05, 4.69) is 15.1 Å². The highest BCUT2D eigenvalue weighted by Crippen LogP contribution is 2.07. The van der Waals surface area contributed by atoms with Crippen LogP contribution in [-0.4, -0.2) is 15.7 Å². The molecule has 0 unspecified atom stereocenters. The van der Waals surface area contributed by atoms with Gasteiger partial charge in [0.25, 0.3) is 0 Å². The fourth-order valence-electron chi connectivity index (χ4n) is 1.58. The SMILES string of the molecule is CC(=NOc1nc(C)cc(C)n1)c1ccccc1. The predicted octanol–water partition coefficient (Wildman–Crippen LogP) is 2.90. The van der Waals surface area contributed by atoms with E-state index in [1.807, 2.05) is 57.2 Å². The summed E-state index contributed by atoms with van der Waals surface area (Å²) in [6, 6.07) is 12.0. The number of oxime groups is 1. The van der Waals surface area contributed by atoms with Crippen molar-refractivity contribution in [3.05, 3.63) is 53.3 Å². The fraction of sp³-hybridized carbons (Fsp3) is 0.214. The van der Waals surface area contributed by atoms with Crippen LogP contribution in [0.1, 0.15) is 23.9 Å². The summed E-state index contributed by atoms with van der Waals surface area (Å²) in [5.74, 6) is 0. The summed E-state index contributed by atoms with van der Waals surface area (Å²) in [6.45, 7) is 5.68. The monoisotopic (exact) mass is 241 g/mol. The summed E-state index contributed by atoms with van der Waals surface area (Å²) >= 11 is 0. The first-order valence-electron chi connectivity index (χ1n) is 5.74. The summed E-state index contributed by atoms with van der Waals surface area (Å²) in [4.78, 5) is 13.6. The number of rotatable bonds is 3. The molecule has 0 aliphatic carbocycles. The van der Waals surface area contributed by atoms with E-state index in [1.54, 1.807) is 0 Å². The van der Waals surface area contributed by atoms with Crippen LogP contribution >= 0.6 is 0 Å². The number of hydrogen-bond acceptors (Lipinski definition) is 4. The van der Waals surface area contributed by atoms with Crippen molar-refractivity contribution in [2.75, 3.05) is 0 Å². The lowest BCUT2D eigenvalue weighted by atomic mass is 10.1. The minimum Gasteiger partial charge on any atom is -0.315 e. The smallest absolute Gasteiger partial charge is 0.315 e. The molecule has 0 fully saturated rings. The van der Waals surface area contributed by atoms with Crippen molar-refractivity contribution in [3.8, 4) is 6.01 Å². The van der Waals surface area contributed by atoms with Crippen LogP contribution in [0.2, 0.25) is 0 Å². The normalized spacial score (nSPS) is 11.4. The van der Waals surface area contributed by atoms with Crippen molar-refractivity contribution in [2.45, 2.75) is 20.8 Å². The maximum absolute atomic E-state index is 5.25. The van der Waals surface area contributed by atoms with Crippen LogP contribution in [0.4, 0.5) is 0 Å². The summed E-state index contributed by atoms with van der Waals surface area (Å²) in [6.07, 6.45) is 0. The van der Waals surface area contributed by atoms with Gasteiger partial charge in [-0.1, -0.05) is 35.5 Å². The zero-order chi connectivity index (χ0) is 13.0. The van der Waals surface area contributed by atoms with Gasteiger partial charge in [0.1, 0.15) is 0 Å². The molecule has 18 heavy (non-hydrogen) atoms. The number of nitrogens with zero attached hydrogens (tertiary/aromatic N) is 3. The predicted molar refractivity (Wildman–Crippen MR) is 70.8 cm³/mol. The lowest BCUT2D eigenvalue weighted by Gasteiger charge is -2.02. The maximum Gasteiger partial charge on any atom is 0.346 e. The van der Waals surface area contributed by atoms with Crippen molar-refractivity contribution < 1.29 is 4.84 Å². The standard InChI is InChI=1S/C14H15N3O/c1-10-9-11(2)16-14(15-10)18-17-12(3)13-7-5-4-6-8-13/h4-9H,1-3H3. The molecule has 4 heteroatoms. The molecular formula is C14H15N3O. The second kappa shape index (κ2) is 5.40. The number of benzene rings is 1. The van der Waals surface area contributed by atoms with Crippen molar-refractivity contribution in [3.63, 3.8) is 0 Å². The third kappa shape index (κ3) is 3.13. The maximum atomic E-state index is 5.25. The molecule has 0 N–H and O–H groups in total. The number of hydrogen-bond donors (Lipinski definition) is 0. The zero-order valence-corrected chi connectivity index (χ0v) is 10.7. The van der Waals surface area contributed by atoms with Gasteiger partial charge in [0.2, 0.25) is 0 Å². The molecule has 0 atom stereocenters. The number of aryl methyl sites for hydroxylation is 2. The molecule has 1 aromatic carbocycles. The van der Waals surface area contributed by atoms with Gasteiger partial charge in [0, 0.05) is 11.4 Å². The lowest BCUT2D eigenvalue weighted by molar-refractivity contribution is 0.311. The third-order valence-corrected chi connectivity index (χ3v) is 2.42. The quantitative estimate of drug-likeness (QED) is 0.613. The van der Waals surface area contributed by atoms with E-state index in [-0.39, 0.29) is 6.01 Å². The van der Waals surface area contributed by atoms with Crippen LogP contribution in [0.5, 0.6) is 6.01 Å². The second-order valence-electron chi connectivity index (χ2n) is 4.07. The average Bonchev–Trinajstić information content (AvgIpc) is 2.36. The van der Waals surface area contributed by atoms with Gasteiger partial charge in [-0.3, -0.25) is 0 Å². The van der Waals surface area contributed by atoms with Gasteiger partial charge in [-0.05, 0) is 32.4 Å². The lowest BCUT2D eigenvalue weighted by Crippen LogP contribution is -2.00. The van der Waals surface area contributed by atoms with E-state index >= 15 is 0 Å². The highest BCUT2D eigenvalue weighted by molar-refractivity contribution is 5.98. The van der Waals surface area contributed by atoms with Crippen LogP contribution in [0.25, 0.3) is 0 Å². The Labute approximate surface area is 106 Å². The molecule has 0 bridgehead atoms. The summed E-state index contributed by atoms with van der Waals surface area (Å²) < 4.78 is 0. The summed E-state index contributed by atoms with van der Waals surface area (Å²) in [5.41, 5.74) is 3.54. The van der Waals surface area contributed by atoms with Gasteiger partial charge in [-0.2, -0.15) is 9.97 Å². The average molecular weight is 241 g/mol. The first-order chi connectivity index (χ1) is 8.65. The Morgan fingerprint density at radius 1 is 1.06 bits per heavy atom. The molecule has 0 aliphatic rings. The van der Waals surface area contributed by atoms with Gasteiger partial charge in [-0.25, -0.2) is 0 Å². The van der Waals surface area contributed by atoms with E-state index in [0.29, 0.717) is 0 Å². The second-order valence-corrected chi connectivity index (χ2v) is 4.07. The largest absolute Gasteiger partial charge is 0.346 e. The fourth-order valence-corrected chi connectivity index (χ4v) is 1.58.